The first-order chi connectivity index (χ1) is 11.4. The van der Waals surface area contributed by atoms with Gasteiger partial charge in [-0.25, -0.2) is 0 Å². The van der Waals surface area contributed by atoms with Crippen LogP contribution in [0.2, 0.25) is 0 Å². The molecule has 0 aromatic carbocycles. The molecule has 1 fully saturated rings. The van der Waals surface area contributed by atoms with Crippen molar-refractivity contribution < 1.29 is 14.4 Å². The van der Waals surface area contributed by atoms with Crippen LogP contribution in [0.3, 0.4) is 0 Å². The maximum absolute atomic E-state index is 12.9. The minimum absolute atomic E-state index is 0.106. The Labute approximate surface area is 145 Å². The molecule has 0 N–H and O–H groups in total. The Morgan fingerprint density at radius 1 is 1.21 bits per heavy atom. The summed E-state index contributed by atoms with van der Waals surface area (Å²) < 4.78 is 0. The number of carbonyl (C=O) groups excluding carboxylic acids is 3. The maximum atomic E-state index is 12.9. The molecule has 0 spiro atoms. The molecule has 1 aliphatic heterocycles. The highest BCUT2D eigenvalue weighted by molar-refractivity contribution is 6.08. The monoisotopic (exact) mass is 334 g/mol. The number of amides is 3. The van der Waals surface area contributed by atoms with Crippen LogP contribution in [0.25, 0.3) is 0 Å². The fraction of sp³-hybridized carbons (Fsp3) is 0.737. The Hall–Kier alpha value is -1.65. The van der Waals surface area contributed by atoms with Crippen molar-refractivity contribution in [1.82, 2.24) is 9.80 Å². The summed E-state index contributed by atoms with van der Waals surface area (Å²) >= 11 is 0. The number of likely N-dealkylation sites (tertiary alicyclic amines) is 1. The van der Waals surface area contributed by atoms with Gasteiger partial charge in [-0.1, -0.05) is 39.3 Å². The summed E-state index contributed by atoms with van der Waals surface area (Å²) in [5.74, 6) is -0.725. The molecule has 2 rings (SSSR count). The molecule has 3 unspecified atom stereocenters. The van der Waals surface area contributed by atoms with Crippen molar-refractivity contribution in [3.05, 3.63) is 12.2 Å². The van der Waals surface area contributed by atoms with Gasteiger partial charge in [-0.2, -0.15) is 0 Å². The zero-order chi connectivity index (χ0) is 17.9. The van der Waals surface area contributed by atoms with Gasteiger partial charge in [0.1, 0.15) is 6.04 Å². The maximum Gasteiger partial charge on any atom is 0.245 e. The second-order valence-corrected chi connectivity index (χ2v) is 7.46. The summed E-state index contributed by atoms with van der Waals surface area (Å²) in [6.45, 7) is 6.78. The third kappa shape index (κ3) is 3.70. The first-order valence-electron chi connectivity index (χ1n) is 9.15. The molecule has 0 saturated carbocycles. The molecule has 2 aliphatic rings. The number of hydrogen-bond acceptors (Lipinski definition) is 3. The number of allylic oxidation sites excluding steroid dienone is 2. The third-order valence-corrected chi connectivity index (χ3v) is 5.06. The molecule has 1 saturated heterocycles. The highest BCUT2D eigenvalue weighted by atomic mass is 16.2. The first-order valence-corrected chi connectivity index (χ1v) is 9.15. The summed E-state index contributed by atoms with van der Waals surface area (Å²) in [7, 11) is 1.77. The van der Waals surface area contributed by atoms with Crippen molar-refractivity contribution in [2.24, 2.45) is 17.8 Å². The van der Waals surface area contributed by atoms with E-state index in [0.29, 0.717) is 25.8 Å². The predicted octanol–water partition coefficient (Wildman–Crippen LogP) is 2.61. The number of carbonyl (C=O) groups is 3. The highest BCUT2D eigenvalue weighted by Gasteiger charge is 2.51. The van der Waals surface area contributed by atoms with Crippen molar-refractivity contribution in [1.29, 1.82) is 0 Å². The van der Waals surface area contributed by atoms with E-state index in [0.717, 1.165) is 12.8 Å². The molecule has 1 heterocycles. The summed E-state index contributed by atoms with van der Waals surface area (Å²) in [4.78, 5) is 41.5. The van der Waals surface area contributed by atoms with Gasteiger partial charge in [-0.3, -0.25) is 19.3 Å². The quantitative estimate of drug-likeness (QED) is 0.531. The Morgan fingerprint density at radius 3 is 2.21 bits per heavy atom. The largest absolute Gasteiger partial charge is 0.344 e. The molecule has 1 aliphatic carbocycles. The number of likely N-dealkylation sites (N-methyl/N-ethyl adjacent to an activating group) is 1. The Bertz CT molecular complexity index is 501. The van der Waals surface area contributed by atoms with Crippen LogP contribution < -0.4 is 0 Å². The van der Waals surface area contributed by atoms with Gasteiger partial charge in [0.2, 0.25) is 17.7 Å². The van der Waals surface area contributed by atoms with Crippen LogP contribution in [0.15, 0.2) is 12.2 Å². The van der Waals surface area contributed by atoms with Crippen molar-refractivity contribution in [2.75, 3.05) is 13.6 Å². The molecular weight excluding hydrogens is 304 g/mol. The van der Waals surface area contributed by atoms with Crippen LogP contribution in [0.1, 0.15) is 52.9 Å². The van der Waals surface area contributed by atoms with Crippen LogP contribution in [-0.2, 0) is 14.4 Å². The van der Waals surface area contributed by atoms with Crippen molar-refractivity contribution in [2.45, 2.75) is 58.9 Å². The molecule has 0 radical (unpaired) electrons. The minimum Gasteiger partial charge on any atom is -0.344 e. The normalized spacial score (nSPS) is 24.5. The van der Waals surface area contributed by atoms with Gasteiger partial charge in [0.25, 0.3) is 0 Å². The Morgan fingerprint density at radius 2 is 1.75 bits per heavy atom. The molecule has 24 heavy (non-hydrogen) atoms. The fourth-order valence-corrected chi connectivity index (χ4v) is 3.66. The predicted molar refractivity (Wildman–Crippen MR) is 93.0 cm³/mol. The van der Waals surface area contributed by atoms with E-state index in [1.807, 2.05) is 26.0 Å². The number of hydrogen-bond donors (Lipinski definition) is 0. The van der Waals surface area contributed by atoms with Crippen molar-refractivity contribution in [3.8, 4) is 0 Å². The Balaban J connectivity index is 2.22. The number of fused-ring (bicyclic) bond motifs is 1. The smallest absolute Gasteiger partial charge is 0.245 e. The van der Waals surface area contributed by atoms with Crippen LogP contribution in [0.5, 0.6) is 0 Å². The van der Waals surface area contributed by atoms with Gasteiger partial charge in [-0.05, 0) is 31.6 Å². The van der Waals surface area contributed by atoms with E-state index in [4.69, 9.17) is 0 Å². The molecule has 0 aromatic heterocycles. The molecule has 134 valence electrons. The van der Waals surface area contributed by atoms with Crippen LogP contribution >= 0.6 is 0 Å². The topological polar surface area (TPSA) is 57.7 Å². The van der Waals surface area contributed by atoms with E-state index >= 15 is 0 Å². The van der Waals surface area contributed by atoms with Crippen LogP contribution in [0.4, 0.5) is 0 Å². The second-order valence-electron chi connectivity index (χ2n) is 7.46. The number of rotatable bonds is 7. The molecule has 3 amide bonds. The summed E-state index contributed by atoms with van der Waals surface area (Å²) in [6.07, 6.45) is 7.63. The second kappa shape index (κ2) is 7.95. The van der Waals surface area contributed by atoms with E-state index in [9.17, 15) is 14.4 Å². The Kier molecular flexibility index (Phi) is 6.19. The van der Waals surface area contributed by atoms with E-state index in [1.165, 1.54) is 4.90 Å². The first kappa shape index (κ1) is 18.7. The average molecular weight is 334 g/mol. The SMILES string of the molecule is CCCCN(C)C(=O)C(CC(C)C)N1C(=O)C2CC=CCC2C1=O. The molecule has 0 bridgehead atoms. The number of unbranched alkanes of at least 4 members (excludes halogenated alkanes) is 1. The molecule has 5 nitrogen and oxygen atoms in total. The zero-order valence-corrected chi connectivity index (χ0v) is 15.3. The van der Waals surface area contributed by atoms with Gasteiger partial charge < -0.3 is 4.90 Å². The van der Waals surface area contributed by atoms with Crippen molar-refractivity contribution in [3.63, 3.8) is 0 Å². The molecule has 3 atom stereocenters. The lowest BCUT2D eigenvalue weighted by atomic mass is 9.85. The van der Waals surface area contributed by atoms with Gasteiger partial charge >= 0.3 is 0 Å². The van der Waals surface area contributed by atoms with E-state index in [2.05, 4.69) is 6.92 Å². The van der Waals surface area contributed by atoms with E-state index in [1.54, 1.807) is 11.9 Å². The summed E-state index contributed by atoms with van der Waals surface area (Å²) in [5.41, 5.74) is 0. The highest BCUT2D eigenvalue weighted by Crippen LogP contribution is 2.37. The van der Waals surface area contributed by atoms with Crippen molar-refractivity contribution >= 4 is 17.7 Å². The lowest BCUT2D eigenvalue weighted by Gasteiger charge is -2.31. The standard InChI is InChI=1S/C19H30N2O3/c1-5-6-11-20(4)19(24)16(12-13(2)3)21-17(22)14-9-7-8-10-15(14)18(21)23/h7-8,13-16H,5-6,9-12H2,1-4H3. The molecule has 5 heteroatoms. The lowest BCUT2D eigenvalue weighted by molar-refractivity contribution is -0.151. The van der Waals surface area contributed by atoms with Crippen LogP contribution in [0, 0.1) is 17.8 Å². The molecular formula is C19H30N2O3. The van der Waals surface area contributed by atoms with Gasteiger partial charge in [0, 0.05) is 13.6 Å². The minimum atomic E-state index is -0.655. The van der Waals surface area contributed by atoms with Crippen LogP contribution in [-0.4, -0.2) is 47.2 Å². The fourth-order valence-electron chi connectivity index (χ4n) is 3.66. The number of nitrogens with zero attached hydrogens (tertiary/aromatic N) is 2. The van der Waals surface area contributed by atoms with Gasteiger partial charge in [0.15, 0.2) is 0 Å². The lowest BCUT2D eigenvalue weighted by Crippen LogP contribution is -2.51. The summed E-state index contributed by atoms with van der Waals surface area (Å²) in [6, 6.07) is -0.655. The average Bonchev–Trinajstić information content (AvgIpc) is 2.81. The zero-order valence-electron chi connectivity index (χ0n) is 15.3. The van der Waals surface area contributed by atoms with Gasteiger partial charge in [-0.15, -0.1) is 0 Å². The van der Waals surface area contributed by atoms with E-state index < -0.39 is 6.04 Å². The third-order valence-electron chi connectivity index (χ3n) is 5.06. The van der Waals surface area contributed by atoms with Gasteiger partial charge in [0.05, 0.1) is 11.8 Å². The molecule has 0 aromatic rings. The summed E-state index contributed by atoms with van der Waals surface area (Å²) in [5, 5.41) is 0. The van der Waals surface area contributed by atoms with E-state index in [-0.39, 0.29) is 35.5 Å². The number of imide groups is 1.